The number of terminal acetylenes is 1. The maximum absolute atomic E-state index is 6.06. The quantitative estimate of drug-likeness (QED) is 0.677. The summed E-state index contributed by atoms with van der Waals surface area (Å²) in [6, 6.07) is 10.7. The van der Waals surface area contributed by atoms with Crippen LogP contribution in [-0.2, 0) is 0 Å². The van der Waals surface area contributed by atoms with Crippen LogP contribution in [0.15, 0.2) is 42.6 Å². The van der Waals surface area contributed by atoms with E-state index in [1.807, 2.05) is 18.2 Å². The number of rotatable bonds is 2. The van der Waals surface area contributed by atoms with Gasteiger partial charge in [-0.25, -0.2) is 0 Å². The van der Waals surface area contributed by atoms with Gasteiger partial charge in [0.1, 0.15) is 5.69 Å². The Bertz CT molecular complexity index is 789. The minimum atomic E-state index is 0.447. The topological polar surface area (TPSA) is 56.5 Å². The van der Waals surface area contributed by atoms with Crippen molar-refractivity contribution < 1.29 is 0 Å². The number of hydrogen-bond acceptors (Lipinski definition) is 4. The summed E-state index contributed by atoms with van der Waals surface area (Å²) in [6.07, 6.45) is 7.00. The van der Waals surface area contributed by atoms with Crippen molar-refractivity contribution in [2.45, 2.75) is 0 Å². The van der Waals surface area contributed by atoms with Gasteiger partial charge in [-0.15, -0.1) is 21.4 Å². The van der Waals surface area contributed by atoms with E-state index in [2.05, 4.69) is 26.3 Å². The lowest BCUT2D eigenvalue weighted by molar-refractivity contribution is 0.720. The van der Waals surface area contributed by atoms with E-state index in [0.717, 1.165) is 0 Å². The van der Waals surface area contributed by atoms with E-state index in [4.69, 9.17) is 18.0 Å². The van der Waals surface area contributed by atoms with Gasteiger partial charge in [-0.1, -0.05) is 23.6 Å². The molecule has 0 radical (unpaired) electrons. The van der Waals surface area contributed by atoms with Gasteiger partial charge in [0, 0.05) is 11.8 Å². The van der Waals surface area contributed by atoms with Gasteiger partial charge < -0.3 is 0 Å². The van der Waals surface area contributed by atoms with Crippen LogP contribution >= 0.6 is 11.6 Å². The molecule has 6 heteroatoms. The highest BCUT2D eigenvalue weighted by Gasteiger charge is 2.09. The minimum Gasteiger partial charge on any atom is -0.253 e. The Morgan fingerprint density at radius 2 is 2.10 bits per heavy atom. The normalized spacial score (nSPS) is 10.2. The molecule has 1 aromatic carbocycles. The molecule has 0 saturated carbocycles. The van der Waals surface area contributed by atoms with Gasteiger partial charge in [-0.2, -0.15) is 0 Å². The molecule has 0 spiro atoms. The summed E-state index contributed by atoms with van der Waals surface area (Å²) in [5.41, 5.74) is 1.97. The lowest BCUT2D eigenvalue weighted by Crippen LogP contribution is -1.99. The van der Waals surface area contributed by atoms with E-state index in [-0.39, 0.29) is 0 Å². The number of nitrogens with zero attached hydrogens (tertiary/aromatic N) is 5. The van der Waals surface area contributed by atoms with Gasteiger partial charge in [0.25, 0.3) is 0 Å². The molecule has 0 saturated heterocycles. The van der Waals surface area contributed by atoms with Crippen molar-refractivity contribution in [2.75, 3.05) is 0 Å². The first-order chi connectivity index (χ1) is 9.78. The summed E-state index contributed by atoms with van der Waals surface area (Å²) in [7, 11) is 0. The molecule has 0 bridgehead atoms. The van der Waals surface area contributed by atoms with Gasteiger partial charge >= 0.3 is 0 Å². The molecule has 0 aliphatic heterocycles. The Morgan fingerprint density at radius 3 is 2.80 bits per heavy atom. The molecule has 5 nitrogen and oxygen atoms in total. The molecule has 0 aliphatic carbocycles. The van der Waals surface area contributed by atoms with Crippen LogP contribution in [0.3, 0.4) is 0 Å². The van der Waals surface area contributed by atoms with Crippen molar-refractivity contribution in [1.82, 2.24) is 25.2 Å². The molecule has 3 aromatic rings. The third kappa shape index (κ3) is 2.25. The second-order valence-electron chi connectivity index (χ2n) is 3.93. The van der Waals surface area contributed by atoms with Crippen LogP contribution in [0, 0.1) is 12.3 Å². The molecular formula is C14H8ClN5. The second kappa shape index (κ2) is 5.11. The van der Waals surface area contributed by atoms with Gasteiger partial charge in [-0.3, -0.25) is 4.98 Å². The number of tetrazole rings is 1. The highest BCUT2D eigenvalue weighted by molar-refractivity contribution is 6.31. The standard InChI is InChI=1S/C14H8ClN5/c1-2-10-6-7-11(9-12(10)15)20-18-14(17-19-20)13-5-3-4-8-16-13/h1,3-9H. The van der Waals surface area contributed by atoms with Crippen molar-refractivity contribution in [2.24, 2.45) is 0 Å². The molecule has 2 heterocycles. The Labute approximate surface area is 120 Å². The summed E-state index contributed by atoms with van der Waals surface area (Å²) in [5, 5.41) is 12.7. The van der Waals surface area contributed by atoms with Crippen molar-refractivity contribution in [3.8, 4) is 29.5 Å². The third-order valence-corrected chi connectivity index (χ3v) is 2.96. The Balaban J connectivity index is 1.99. The highest BCUT2D eigenvalue weighted by atomic mass is 35.5. The summed E-state index contributed by atoms with van der Waals surface area (Å²) < 4.78 is 0. The van der Waals surface area contributed by atoms with Crippen LogP contribution in [-0.4, -0.2) is 25.2 Å². The van der Waals surface area contributed by atoms with Gasteiger partial charge in [0.05, 0.1) is 10.7 Å². The van der Waals surface area contributed by atoms with E-state index < -0.39 is 0 Å². The van der Waals surface area contributed by atoms with E-state index in [1.165, 1.54) is 4.80 Å². The zero-order valence-electron chi connectivity index (χ0n) is 10.2. The molecule has 96 valence electrons. The first kappa shape index (κ1) is 12.3. The molecule has 0 N–H and O–H groups in total. The molecule has 0 fully saturated rings. The smallest absolute Gasteiger partial charge is 0.223 e. The average Bonchev–Trinajstić information content (AvgIpc) is 2.98. The highest BCUT2D eigenvalue weighted by Crippen LogP contribution is 2.19. The van der Waals surface area contributed by atoms with Crippen molar-refractivity contribution in [3.05, 3.63) is 53.2 Å². The summed E-state index contributed by atoms with van der Waals surface area (Å²) in [6.45, 7) is 0. The van der Waals surface area contributed by atoms with Crippen LogP contribution < -0.4 is 0 Å². The maximum Gasteiger partial charge on any atom is 0.223 e. The van der Waals surface area contributed by atoms with Crippen LogP contribution in [0.25, 0.3) is 17.2 Å². The fraction of sp³-hybridized carbons (Fsp3) is 0. The van der Waals surface area contributed by atoms with Crippen molar-refractivity contribution in [1.29, 1.82) is 0 Å². The molecule has 0 amide bonds. The van der Waals surface area contributed by atoms with E-state index >= 15 is 0 Å². The Hall–Kier alpha value is -2.71. The molecule has 0 aliphatic rings. The number of aromatic nitrogens is 5. The first-order valence-corrected chi connectivity index (χ1v) is 6.13. The Kier molecular flexibility index (Phi) is 3.15. The fourth-order valence-electron chi connectivity index (χ4n) is 1.67. The van der Waals surface area contributed by atoms with Crippen LogP contribution in [0.2, 0.25) is 5.02 Å². The molecule has 0 unspecified atom stereocenters. The zero-order chi connectivity index (χ0) is 13.9. The average molecular weight is 282 g/mol. The lowest BCUT2D eigenvalue weighted by Gasteiger charge is -2.00. The van der Waals surface area contributed by atoms with Crippen molar-refractivity contribution >= 4 is 11.6 Å². The van der Waals surface area contributed by atoms with Crippen LogP contribution in [0.5, 0.6) is 0 Å². The SMILES string of the molecule is C#Cc1ccc(-n2nnc(-c3ccccn3)n2)cc1Cl. The predicted octanol–water partition coefficient (Wildman–Crippen LogP) is 2.36. The first-order valence-electron chi connectivity index (χ1n) is 5.76. The number of pyridine rings is 1. The number of halogens is 1. The van der Waals surface area contributed by atoms with Gasteiger partial charge in [0.2, 0.25) is 5.82 Å². The Morgan fingerprint density at radius 1 is 1.20 bits per heavy atom. The predicted molar refractivity (Wildman–Crippen MR) is 75.3 cm³/mol. The summed E-state index contributed by atoms with van der Waals surface area (Å²) >= 11 is 6.06. The van der Waals surface area contributed by atoms with Crippen molar-refractivity contribution in [3.63, 3.8) is 0 Å². The second-order valence-corrected chi connectivity index (χ2v) is 4.33. The largest absolute Gasteiger partial charge is 0.253 e. The summed E-state index contributed by atoms with van der Waals surface area (Å²) in [5.74, 6) is 2.94. The molecule has 3 rings (SSSR count). The molecule has 2 aromatic heterocycles. The van der Waals surface area contributed by atoms with Crippen LogP contribution in [0.4, 0.5) is 0 Å². The molecule has 0 atom stereocenters. The minimum absolute atomic E-state index is 0.447. The lowest BCUT2D eigenvalue weighted by atomic mass is 10.2. The summed E-state index contributed by atoms with van der Waals surface area (Å²) in [4.78, 5) is 5.56. The van der Waals surface area contributed by atoms with Gasteiger partial charge in [0.15, 0.2) is 0 Å². The number of benzene rings is 1. The van der Waals surface area contributed by atoms with E-state index in [0.29, 0.717) is 27.8 Å². The molecule has 20 heavy (non-hydrogen) atoms. The monoisotopic (exact) mass is 281 g/mol. The fourth-order valence-corrected chi connectivity index (χ4v) is 1.90. The third-order valence-electron chi connectivity index (χ3n) is 2.65. The van der Waals surface area contributed by atoms with Crippen LogP contribution in [0.1, 0.15) is 5.56 Å². The number of hydrogen-bond donors (Lipinski definition) is 0. The maximum atomic E-state index is 6.06. The van der Waals surface area contributed by atoms with Gasteiger partial charge in [-0.05, 0) is 35.5 Å². The van der Waals surface area contributed by atoms with E-state index in [9.17, 15) is 0 Å². The van der Waals surface area contributed by atoms with E-state index in [1.54, 1.807) is 24.4 Å². The zero-order valence-corrected chi connectivity index (χ0v) is 11.0. The molecular weight excluding hydrogens is 274 g/mol.